The number of nitro benzene ring substituents is 1. The Bertz CT molecular complexity index is 905. The van der Waals surface area contributed by atoms with Crippen LogP contribution in [0.5, 0.6) is 11.5 Å². The van der Waals surface area contributed by atoms with E-state index >= 15 is 0 Å². The first kappa shape index (κ1) is 18.2. The van der Waals surface area contributed by atoms with E-state index in [4.69, 9.17) is 4.74 Å². The van der Waals surface area contributed by atoms with Gasteiger partial charge in [-0.1, -0.05) is 0 Å². The fourth-order valence-electron chi connectivity index (χ4n) is 1.71. The van der Waals surface area contributed by atoms with Gasteiger partial charge in [0.25, 0.3) is 0 Å². The molecule has 128 valence electrons. The highest BCUT2D eigenvalue weighted by atomic mass is 79.9. The highest BCUT2D eigenvalue weighted by Gasteiger charge is 2.30. The molecular weight excluding hydrogens is 414 g/mol. The Morgan fingerprint density at radius 2 is 1.88 bits per heavy atom. The molecule has 2 aromatic rings. The number of rotatable bonds is 5. The zero-order valence-electron chi connectivity index (χ0n) is 11.9. The molecule has 11 heteroatoms. The molecule has 0 aliphatic carbocycles. The molecule has 1 aromatic heterocycles. The summed E-state index contributed by atoms with van der Waals surface area (Å²) in [6, 6.07) is 5.40. The van der Waals surface area contributed by atoms with Gasteiger partial charge in [-0.15, -0.1) is 0 Å². The highest BCUT2D eigenvalue weighted by molar-refractivity contribution is 9.10. The topological polar surface area (TPSA) is 99.4 Å². The van der Waals surface area contributed by atoms with E-state index in [2.05, 4.69) is 20.9 Å². The predicted octanol–water partition coefficient (Wildman–Crippen LogP) is 3.85. The lowest BCUT2D eigenvalue weighted by molar-refractivity contribution is -0.385. The number of hydrogen-bond donors (Lipinski definition) is 0. The Morgan fingerprint density at radius 3 is 2.42 bits per heavy atom. The molecular formula is C13H9BrF2N2O5S. The van der Waals surface area contributed by atoms with Crippen LogP contribution in [0.15, 0.2) is 39.8 Å². The summed E-state index contributed by atoms with van der Waals surface area (Å²) in [6.45, 7) is 1.72. The molecule has 0 bridgehead atoms. The van der Waals surface area contributed by atoms with Crippen LogP contribution in [0.3, 0.4) is 0 Å². The summed E-state index contributed by atoms with van der Waals surface area (Å²) in [5.41, 5.74) is -0.0914. The van der Waals surface area contributed by atoms with Crippen LogP contribution in [0.4, 0.5) is 14.5 Å². The van der Waals surface area contributed by atoms with Crippen LogP contribution in [0.1, 0.15) is 5.69 Å². The lowest BCUT2D eigenvalue weighted by atomic mass is 10.3. The van der Waals surface area contributed by atoms with Crippen molar-refractivity contribution in [3.05, 3.63) is 50.7 Å². The first-order valence-corrected chi connectivity index (χ1v) is 8.58. The largest absolute Gasteiger partial charge is 0.447 e. The Labute approximate surface area is 143 Å². The molecule has 0 amide bonds. The number of benzene rings is 1. The van der Waals surface area contributed by atoms with Gasteiger partial charge >= 0.3 is 11.4 Å². The number of aryl methyl sites for hydroxylation is 1. The van der Waals surface area contributed by atoms with Gasteiger partial charge in [0.15, 0.2) is 5.75 Å². The van der Waals surface area contributed by atoms with Gasteiger partial charge in [0, 0.05) is 11.8 Å². The van der Waals surface area contributed by atoms with E-state index in [9.17, 15) is 27.3 Å². The molecule has 0 N–H and O–H groups in total. The molecule has 0 saturated carbocycles. The maximum Gasteiger partial charge on any atom is 0.341 e. The molecule has 0 aliphatic heterocycles. The standard InChI is InChI=1S/C13H9BrF2N2O5S/c1-7-2-4-11(12(14)17-7)23-10-5-3-8(6-9(10)18(19)20)24(21,22)13(15)16/h2-6,13H,1H3. The van der Waals surface area contributed by atoms with Crippen molar-refractivity contribution in [2.24, 2.45) is 0 Å². The van der Waals surface area contributed by atoms with Gasteiger partial charge in [0.05, 0.1) is 9.82 Å². The molecule has 2 rings (SSSR count). The summed E-state index contributed by atoms with van der Waals surface area (Å²) < 4.78 is 53.6. The minimum atomic E-state index is -4.95. The van der Waals surface area contributed by atoms with Gasteiger partial charge in [0.2, 0.25) is 15.6 Å². The Morgan fingerprint density at radius 1 is 1.25 bits per heavy atom. The molecule has 0 aliphatic rings. The Hall–Kier alpha value is -2.14. The summed E-state index contributed by atoms with van der Waals surface area (Å²) in [5.74, 6) is -3.84. The van der Waals surface area contributed by atoms with Crippen molar-refractivity contribution in [2.75, 3.05) is 0 Å². The molecule has 1 aromatic carbocycles. The third-order valence-electron chi connectivity index (χ3n) is 2.86. The first-order chi connectivity index (χ1) is 11.1. The van der Waals surface area contributed by atoms with Crippen LogP contribution in [-0.2, 0) is 9.84 Å². The van der Waals surface area contributed by atoms with E-state index in [-0.39, 0.29) is 16.1 Å². The average Bonchev–Trinajstić information content (AvgIpc) is 2.49. The minimum absolute atomic E-state index is 0.146. The van der Waals surface area contributed by atoms with Crippen molar-refractivity contribution >= 4 is 31.5 Å². The van der Waals surface area contributed by atoms with Crippen molar-refractivity contribution in [1.29, 1.82) is 0 Å². The maximum absolute atomic E-state index is 12.6. The monoisotopic (exact) mass is 422 g/mol. The van der Waals surface area contributed by atoms with Crippen molar-refractivity contribution in [1.82, 2.24) is 4.98 Å². The number of halogens is 3. The SMILES string of the molecule is Cc1ccc(Oc2ccc(S(=O)(=O)C(F)F)cc2[N+](=O)[O-])c(Br)n1. The molecule has 0 atom stereocenters. The molecule has 0 radical (unpaired) electrons. The van der Waals surface area contributed by atoms with Gasteiger partial charge in [-0.2, -0.15) is 8.78 Å². The van der Waals surface area contributed by atoms with Crippen LogP contribution in [0, 0.1) is 17.0 Å². The van der Waals surface area contributed by atoms with Crippen molar-refractivity contribution in [3.8, 4) is 11.5 Å². The van der Waals surface area contributed by atoms with E-state index < -0.39 is 31.1 Å². The van der Waals surface area contributed by atoms with Gasteiger partial charge in [-0.05, 0) is 47.1 Å². The van der Waals surface area contributed by atoms with Crippen LogP contribution in [0.2, 0.25) is 0 Å². The number of sulfone groups is 1. The fourth-order valence-corrected chi connectivity index (χ4v) is 2.95. The minimum Gasteiger partial charge on any atom is -0.447 e. The third kappa shape index (κ3) is 3.67. The zero-order chi connectivity index (χ0) is 18.1. The van der Waals surface area contributed by atoms with Crippen molar-refractivity contribution in [2.45, 2.75) is 17.6 Å². The smallest absolute Gasteiger partial charge is 0.341 e. The summed E-state index contributed by atoms with van der Waals surface area (Å²) in [7, 11) is -4.95. The van der Waals surface area contributed by atoms with Crippen LogP contribution < -0.4 is 4.74 Å². The Balaban J connectivity index is 2.50. The molecule has 24 heavy (non-hydrogen) atoms. The number of aromatic nitrogens is 1. The van der Waals surface area contributed by atoms with E-state index in [0.29, 0.717) is 11.8 Å². The second-order valence-corrected chi connectivity index (χ2v) is 7.20. The van der Waals surface area contributed by atoms with Crippen molar-refractivity contribution < 1.29 is 26.9 Å². The zero-order valence-corrected chi connectivity index (χ0v) is 14.3. The quantitative estimate of drug-likeness (QED) is 0.412. The number of nitro groups is 1. The summed E-state index contributed by atoms with van der Waals surface area (Å²) in [5, 5.41) is 11.1. The first-order valence-electron chi connectivity index (χ1n) is 6.24. The number of nitrogens with zero attached hydrogens (tertiary/aromatic N) is 2. The predicted molar refractivity (Wildman–Crippen MR) is 83.0 cm³/mol. The van der Waals surface area contributed by atoms with Gasteiger partial charge in [-0.25, -0.2) is 13.4 Å². The average molecular weight is 423 g/mol. The maximum atomic E-state index is 12.6. The summed E-state index contributed by atoms with van der Waals surface area (Å²) in [4.78, 5) is 13.4. The number of hydrogen-bond acceptors (Lipinski definition) is 6. The number of pyridine rings is 1. The molecule has 1 heterocycles. The number of ether oxygens (including phenoxy) is 1. The van der Waals surface area contributed by atoms with E-state index in [1.165, 1.54) is 6.07 Å². The van der Waals surface area contributed by atoms with E-state index in [1.54, 1.807) is 13.0 Å². The normalized spacial score (nSPS) is 11.5. The van der Waals surface area contributed by atoms with Crippen LogP contribution in [-0.4, -0.2) is 24.1 Å². The van der Waals surface area contributed by atoms with Gasteiger partial charge in [0.1, 0.15) is 4.60 Å². The van der Waals surface area contributed by atoms with Crippen LogP contribution in [0.25, 0.3) is 0 Å². The Kier molecular flexibility index (Phi) is 5.13. The van der Waals surface area contributed by atoms with Gasteiger partial charge < -0.3 is 4.74 Å². The molecule has 7 nitrogen and oxygen atoms in total. The van der Waals surface area contributed by atoms with E-state index in [0.717, 1.165) is 12.1 Å². The van der Waals surface area contributed by atoms with Crippen molar-refractivity contribution in [3.63, 3.8) is 0 Å². The molecule has 0 spiro atoms. The number of alkyl halides is 2. The van der Waals surface area contributed by atoms with E-state index in [1.807, 2.05) is 0 Å². The summed E-state index contributed by atoms with van der Waals surface area (Å²) in [6.07, 6.45) is 0. The second kappa shape index (κ2) is 6.77. The molecule has 0 saturated heterocycles. The van der Waals surface area contributed by atoms with Crippen LogP contribution >= 0.6 is 15.9 Å². The lowest BCUT2D eigenvalue weighted by Crippen LogP contribution is -2.11. The summed E-state index contributed by atoms with van der Waals surface area (Å²) >= 11 is 3.13. The second-order valence-electron chi connectivity index (χ2n) is 4.54. The molecule has 0 unspecified atom stereocenters. The third-order valence-corrected chi connectivity index (χ3v) is 4.81. The lowest BCUT2D eigenvalue weighted by Gasteiger charge is -2.09. The highest BCUT2D eigenvalue weighted by Crippen LogP contribution is 2.36. The fraction of sp³-hybridized carbons (Fsp3) is 0.154. The molecule has 0 fully saturated rings. The van der Waals surface area contributed by atoms with Gasteiger partial charge in [-0.3, -0.25) is 10.1 Å².